The minimum Gasteiger partial charge on any atom is -0.550 e. The van der Waals surface area contributed by atoms with Gasteiger partial charge in [0.25, 0.3) is 0 Å². The molecule has 0 aromatic heterocycles. The van der Waals surface area contributed by atoms with E-state index in [1.54, 1.807) is 0 Å². The minimum atomic E-state index is -1.31. The second kappa shape index (κ2) is 16.2. The molecule has 3 saturated heterocycles. The normalized spacial score (nSPS) is 16.0. The van der Waals surface area contributed by atoms with Crippen LogP contribution in [0.25, 0.3) is 0 Å². The van der Waals surface area contributed by atoms with E-state index < -0.39 is 37.2 Å². The molecule has 208 valence electrons. The van der Waals surface area contributed by atoms with Gasteiger partial charge in [0.05, 0.1) is 5.70 Å². The Labute approximate surface area is 235 Å². The fourth-order valence-corrected chi connectivity index (χ4v) is 2.89. The molecular formula is C24H28AlN3O11. The van der Waals surface area contributed by atoms with Crippen LogP contribution in [0.4, 0.5) is 0 Å². The van der Waals surface area contributed by atoms with Crippen LogP contribution in [0.5, 0.6) is 0 Å². The summed E-state index contributed by atoms with van der Waals surface area (Å²) in [5, 5.41) is 28.4. The van der Waals surface area contributed by atoms with E-state index in [1.165, 1.54) is 26.8 Å². The van der Waals surface area contributed by atoms with E-state index in [2.05, 4.69) is 0 Å². The van der Waals surface area contributed by atoms with Crippen molar-refractivity contribution in [2.45, 2.75) is 40.0 Å². The van der Waals surface area contributed by atoms with Crippen LogP contribution in [0.15, 0.2) is 23.2 Å². The van der Waals surface area contributed by atoms with E-state index in [1.807, 2.05) is 14.7 Å². The summed E-state index contributed by atoms with van der Waals surface area (Å²) < 4.78 is 0. The minimum absolute atomic E-state index is 0. The van der Waals surface area contributed by atoms with Crippen LogP contribution in [-0.2, 0) is 38.4 Å². The quantitative estimate of drug-likeness (QED) is 0.111. The number of carbonyl (C=O) groups is 8. The van der Waals surface area contributed by atoms with Crippen molar-refractivity contribution >= 4 is 64.2 Å². The summed E-state index contributed by atoms with van der Waals surface area (Å²) in [4.78, 5) is 88.4. The molecule has 0 amide bonds. The molecule has 39 heavy (non-hydrogen) atoms. The van der Waals surface area contributed by atoms with E-state index in [4.69, 9.17) is 0 Å². The van der Waals surface area contributed by atoms with Crippen molar-refractivity contribution in [1.29, 1.82) is 0 Å². The summed E-state index contributed by atoms with van der Waals surface area (Å²) in [7, 11) is 0. The molecule has 0 unspecified atom stereocenters. The first-order valence-corrected chi connectivity index (χ1v) is 11.5. The van der Waals surface area contributed by atoms with Gasteiger partial charge >= 0.3 is 17.4 Å². The van der Waals surface area contributed by atoms with Crippen molar-refractivity contribution < 1.29 is 53.7 Å². The first-order chi connectivity index (χ1) is 17.6. The van der Waals surface area contributed by atoms with Crippen molar-refractivity contribution in [3.8, 4) is 0 Å². The maximum Gasteiger partial charge on any atom is 3.00 e. The number of rotatable bonds is 9. The number of Topliss-reactive ketones (excluding diaryl/α,β-unsaturated/α-hetero) is 4. The van der Waals surface area contributed by atoms with Gasteiger partial charge in [-0.2, -0.15) is 0 Å². The zero-order valence-corrected chi connectivity index (χ0v) is 23.0. The van der Waals surface area contributed by atoms with Crippen LogP contribution in [0.3, 0.4) is 0 Å². The van der Waals surface area contributed by atoms with Gasteiger partial charge in [0.1, 0.15) is 28.7 Å². The third kappa shape index (κ3) is 14.6. The molecule has 1 aliphatic carbocycles. The van der Waals surface area contributed by atoms with Crippen molar-refractivity contribution in [3.63, 3.8) is 0 Å². The summed E-state index contributed by atoms with van der Waals surface area (Å²) in [5.41, 5.74) is 1.89. The fraction of sp³-hybridized carbons (Fsp3) is 0.500. The molecular weight excluding hydrogens is 533 g/mol. The van der Waals surface area contributed by atoms with Gasteiger partial charge in [0, 0.05) is 82.5 Å². The van der Waals surface area contributed by atoms with Gasteiger partial charge in [-0.3, -0.25) is 24.0 Å². The van der Waals surface area contributed by atoms with E-state index in [0.29, 0.717) is 17.1 Å². The molecule has 4 rings (SSSR count). The van der Waals surface area contributed by atoms with E-state index >= 15 is 0 Å². The molecule has 14 nitrogen and oxygen atoms in total. The predicted molar refractivity (Wildman–Crippen MR) is 127 cm³/mol. The summed E-state index contributed by atoms with van der Waals surface area (Å²) in [5.74, 6) is -5.01. The molecule has 0 bridgehead atoms. The molecule has 0 saturated carbocycles. The number of hydrogen-bond acceptors (Lipinski definition) is 14. The first kappa shape index (κ1) is 35.2. The van der Waals surface area contributed by atoms with Gasteiger partial charge in [0.2, 0.25) is 11.6 Å². The van der Waals surface area contributed by atoms with Crippen LogP contribution in [0.1, 0.15) is 40.0 Å². The standard InChI is InChI=1S/C12H13N3O2.3C4H6O3.Al/c16-9-7-8(13-1-2-13)12(17)11(15-5-6-15)10(9)14-3-4-14;3*1-3(5)2-4(6)7;/h7H,1-6H2;3*2H2,1H3,(H,6,7);/q;;;;+3/p-3. The number of hydrogen-bond donors (Lipinski definition) is 0. The molecule has 3 heterocycles. The Kier molecular flexibility index (Phi) is 14.6. The summed E-state index contributed by atoms with van der Waals surface area (Å²) in [6, 6.07) is 0. The van der Waals surface area contributed by atoms with Crippen molar-refractivity contribution in [3.05, 3.63) is 23.2 Å². The van der Waals surface area contributed by atoms with Gasteiger partial charge in [0.15, 0.2) is 0 Å². The fourth-order valence-electron chi connectivity index (χ4n) is 2.89. The van der Waals surface area contributed by atoms with Crippen molar-refractivity contribution in [2.75, 3.05) is 39.3 Å². The predicted octanol–water partition coefficient (Wildman–Crippen LogP) is -5.05. The maximum atomic E-state index is 12.4. The van der Waals surface area contributed by atoms with Crippen LogP contribution < -0.4 is 15.3 Å². The smallest absolute Gasteiger partial charge is 0.550 e. The largest absolute Gasteiger partial charge is 3.00 e. The topological polar surface area (TPSA) is 215 Å². The molecule has 15 heteroatoms. The molecule has 3 fully saturated rings. The van der Waals surface area contributed by atoms with Crippen molar-refractivity contribution in [2.24, 2.45) is 0 Å². The van der Waals surface area contributed by atoms with Gasteiger partial charge < -0.3 is 44.4 Å². The van der Waals surface area contributed by atoms with Crippen LogP contribution in [0, 0.1) is 0 Å². The molecule has 0 aromatic rings. The molecule has 0 spiro atoms. The van der Waals surface area contributed by atoms with Crippen LogP contribution in [-0.4, -0.2) is 118 Å². The molecule has 0 N–H and O–H groups in total. The number of carbonyl (C=O) groups excluding carboxylic acids is 8. The monoisotopic (exact) mass is 561 g/mol. The summed E-state index contributed by atoms with van der Waals surface area (Å²) >= 11 is 0. The Balaban J connectivity index is 0.000000559. The summed E-state index contributed by atoms with van der Waals surface area (Å²) in [6.07, 6.45) is 0.107. The van der Waals surface area contributed by atoms with Gasteiger partial charge in [-0.05, 0) is 20.8 Å². The van der Waals surface area contributed by atoms with E-state index in [0.717, 1.165) is 39.3 Å². The van der Waals surface area contributed by atoms with Gasteiger partial charge in [-0.15, -0.1) is 0 Å². The zero-order chi connectivity index (χ0) is 29.2. The van der Waals surface area contributed by atoms with Crippen LogP contribution in [0.2, 0.25) is 0 Å². The van der Waals surface area contributed by atoms with Crippen molar-refractivity contribution in [1.82, 2.24) is 14.7 Å². The second-order valence-corrected chi connectivity index (χ2v) is 8.63. The Bertz CT molecular complexity index is 987. The zero-order valence-electron chi connectivity index (χ0n) is 21.9. The number of ketones is 5. The number of aliphatic carboxylic acids is 3. The third-order valence-corrected chi connectivity index (χ3v) is 4.67. The number of nitrogens with zero attached hydrogens (tertiary/aromatic N) is 3. The SMILES string of the molecule is CC(=O)CC(=O)[O-].CC(=O)CC(=O)[O-].CC(=O)CC(=O)[O-].O=C1C=C(N2CC2)C(=O)C(N2CC2)=C1N1CC1.[Al+3]. The van der Waals surface area contributed by atoms with Crippen LogP contribution >= 0.6 is 0 Å². The first-order valence-electron chi connectivity index (χ1n) is 11.5. The average molecular weight is 561 g/mol. The van der Waals surface area contributed by atoms with Gasteiger partial charge in [-0.1, -0.05) is 0 Å². The molecule has 4 aliphatic rings. The van der Waals surface area contributed by atoms with Gasteiger partial charge in [-0.25, -0.2) is 0 Å². The Hall–Kier alpha value is -3.83. The van der Waals surface area contributed by atoms with E-state index in [-0.39, 0.29) is 46.3 Å². The molecule has 3 aliphatic heterocycles. The third-order valence-electron chi connectivity index (χ3n) is 4.67. The number of allylic oxidation sites excluding steroid dienone is 1. The number of carboxylic acid groups (broad SMARTS) is 3. The molecule has 0 radical (unpaired) electrons. The van der Waals surface area contributed by atoms with E-state index in [9.17, 15) is 53.7 Å². The average Bonchev–Trinajstić information content (AvgIpc) is 3.58. The Morgan fingerprint density at radius 1 is 0.615 bits per heavy atom. The Morgan fingerprint density at radius 3 is 1.15 bits per heavy atom. The second-order valence-electron chi connectivity index (χ2n) is 8.63. The molecule has 0 atom stereocenters. The summed E-state index contributed by atoms with van der Waals surface area (Å²) in [6.45, 7) is 9.02. The molecule has 0 aromatic carbocycles. The maximum absolute atomic E-state index is 12.4. The Morgan fingerprint density at radius 2 is 0.923 bits per heavy atom. The number of carboxylic acids is 3.